The van der Waals surface area contributed by atoms with Crippen LogP contribution in [0.4, 0.5) is 0 Å². The fraction of sp³-hybridized carbons (Fsp3) is 0.600. The van der Waals surface area contributed by atoms with Gasteiger partial charge < -0.3 is 24.8 Å². The van der Waals surface area contributed by atoms with E-state index in [4.69, 9.17) is 0 Å². The summed E-state index contributed by atoms with van der Waals surface area (Å²) < 4.78 is 3.64. The minimum Gasteiger partial charge on any atom is -1.00 e. The van der Waals surface area contributed by atoms with Gasteiger partial charge in [-0.25, -0.2) is 0 Å². The van der Waals surface area contributed by atoms with Gasteiger partial charge in [0, 0.05) is 0 Å². The van der Waals surface area contributed by atoms with Gasteiger partial charge in [0.2, 0.25) is 0 Å². The number of allylic oxidation sites excluding steroid dienone is 8. The molecule has 3 aliphatic rings. The first-order valence-electron chi connectivity index (χ1n) is 9.60. The van der Waals surface area contributed by atoms with E-state index in [0.29, 0.717) is 19.1 Å². The third kappa shape index (κ3) is 4.76. The van der Waals surface area contributed by atoms with Crippen LogP contribution in [0.15, 0.2) is 40.3 Å². The number of aliphatic hydroxyl groups is 2. The molecule has 7 heteroatoms. The molecule has 2 nitrogen and oxygen atoms in total. The summed E-state index contributed by atoms with van der Waals surface area (Å²) in [6.07, 6.45) is 7.47. The van der Waals surface area contributed by atoms with Gasteiger partial charge in [0.25, 0.3) is 0 Å². The summed E-state index contributed by atoms with van der Waals surface area (Å²) >= 11 is -0.624. The molecule has 3 rings (SSSR count). The number of aliphatic hydroxyl groups excluding tert-OH is 2. The van der Waals surface area contributed by atoms with Crippen LogP contribution in [-0.2, 0) is 23.2 Å². The Bertz CT molecular complexity index is 651. The Morgan fingerprint density at radius 1 is 0.852 bits per heavy atom. The molecule has 0 unspecified atom stereocenters. The Morgan fingerprint density at radius 3 is 1.56 bits per heavy atom. The van der Waals surface area contributed by atoms with Crippen LogP contribution in [-0.4, -0.2) is 39.6 Å². The van der Waals surface area contributed by atoms with Crippen molar-refractivity contribution in [3.63, 3.8) is 0 Å². The van der Waals surface area contributed by atoms with Crippen molar-refractivity contribution >= 4 is 16.1 Å². The molecule has 0 saturated heterocycles. The average molecular weight is 523 g/mol. The molecular weight excluding hydrogens is 491 g/mol. The minimum absolute atomic E-state index is 0. The standard InChI is InChI=1S/C20H32O2Si2.2ClH.Zr/c1-16(17-8-6-10-19(17)23(2,3)14-12-21)18-9-7-11-20(18)24(4,5)15-13-22;;;/h10-11,16,21-22H,6-7,12-15H2,1-5H3;2*1H;/q;;;+2/p-2. The van der Waals surface area contributed by atoms with Gasteiger partial charge >= 0.3 is 167 Å². The summed E-state index contributed by atoms with van der Waals surface area (Å²) in [5.41, 5.74) is 3.41. The largest absolute Gasteiger partial charge is 1.00 e. The van der Waals surface area contributed by atoms with Crippen molar-refractivity contribution in [3.8, 4) is 0 Å². The van der Waals surface area contributed by atoms with Crippen LogP contribution in [0.25, 0.3) is 0 Å². The number of halogens is 2. The van der Waals surface area contributed by atoms with Crippen molar-refractivity contribution in [2.75, 3.05) is 13.2 Å². The second kappa shape index (κ2) is 9.72. The third-order valence-electron chi connectivity index (χ3n) is 6.35. The number of rotatable bonds is 6. The maximum absolute atomic E-state index is 9.55. The molecule has 27 heavy (non-hydrogen) atoms. The Kier molecular flexibility index (Phi) is 9.30. The second-order valence-corrected chi connectivity index (χ2v) is 22.2. The topological polar surface area (TPSA) is 40.5 Å². The van der Waals surface area contributed by atoms with E-state index in [1.807, 2.05) is 6.56 Å². The van der Waals surface area contributed by atoms with Crippen molar-refractivity contribution in [3.05, 3.63) is 40.3 Å². The molecule has 0 atom stereocenters. The van der Waals surface area contributed by atoms with Crippen LogP contribution in [0.1, 0.15) is 19.8 Å². The van der Waals surface area contributed by atoms with E-state index in [1.165, 1.54) is 12.8 Å². The zero-order valence-corrected chi connectivity index (χ0v) is 23.1. The molecular formula is C20H32Cl2O2Si2Zr. The van der Waals surface area contributed by atoms with Gasteiger partial charge in [-0.1, -0.05) is 0 Å². The van der Waals surface area contributed by atoms with Gasteiger partial charge in [0.05, 0.1) is 0 Å². The summed E-state index contributed by atoms with van der Waals surface area (Å²) in [4.78, 5) is 0. The molecule has 0 aromatic rings. The minimum atomic E-state index is -1.54. The van der Waals surface area contributed by atoms with Crippen molar-refractivity contribution in [1.29, 1.82) is 0 Å². The summed E-state index contributed by atoms with van der Waals surface area (Å²) in [6.45, 7) is 12.8. The fourth-order valence-electron chi connectivity index (χ4n) is 4.84. The fourth-order valence-corrected chi connectivity index (χ4v) is 14.9. The third-order valence-corrected chi connectivity index (χ3v) is 17.0. The summed E-state index contributed by atoms with van der Waals surface area (Å²) in [5.74, 6) is 0.540. The molecule has 2 aliphatic carbocycles. The monoisotopic (exact) mass is 520 g/mol. The molecule has 0 saturated carbocycles. The van der Waals surface area contributed by atoms with Gasteiger partial charge in [-0.2, -0.15) is 0 Å². The zero-order valence-electron chi connectivity index (χ0n) is 17.1. The molecule has 0 bridgehead atoms. The van der Waals surface area contributed by atoms with Crippen LogP contribution in [0, 0.1) is 5.92 Å². The maximum Gasteiger partial charge on any atom is -1.00 e. The summed E-state index contributed by atoms with van der Waals surface area (Å²) in [6, 6.07) is 1.96. The SMILES string of the molecule is CC1C2=[C](CC=C2[Si](C)(C)CCO)[Zr+2][C]2=C1C([Si](C)(C)CCO)=CC2.[Cl-].[Cl-]. The summed E-state index contributed by atoms with van der Waals surface area (Å²) in [5, 5.41) is 22.4. The number of hydrogen-bond acceptors (Lipinski definition) is 2. The van der Waals surface area contributed by atoms with Gasteiger partial charge in [0.15, 0.2) is 0 Å². The molecule has 150 valence electrons. The normalized spacial score (nSPS) is 19.4. The smallest absolute Gasteiger partial charge is 1.00 e. The Hall–Kier alpha value is 0.777. The predicted octanol–water partition coefficient (Wildman–Crippen LogP) is -1.63. The van der Waals surface area contributed by atoms with E-state index in [1.54, 1.807) is 21.5 Å². The van der Waals surface area contributed by atoms with E-state index in [2.05, 4.69) is 45.3 Å². The van der Waals surface area contributed by atoms with Crippen molar-refractivity contribution in [1.82, 2.24) is 0 Å². The molecule has 0 spiro atoms. The molecule has 1 heterocycles. The Balaban J connectivity index is 0.00000182. The molecule has 0 aromatic heterocycles. The van der Waals surface area contributed by atoms with Gasteiger partial charge in [-0.05, 0) is 0 Å². The Labute approximate surface area is 190 Å². The van der Waals surface area contributed by atoms with E-state index < -0.39 is 39.4 Å². The molecule has 0 radical (unpaired) electrons. The molecule has 0 fully saturated rings. The first kappa shape index (κ1) is 25.8. The van der Waals surface area contributed by atoms with E-state index in [9.17, 15) is 10.2 Å². The van der Waals surface area contributed by atoms with Crippen molar-refractivity contribution in [2.45, 2.75) is 58.0 Å². The van der Waals surface area contributed by atoms with Crippen LogP contribution >= 0.6 is 0 Å². The number of hydrogen-bond donors (Lipinski definition) is 2. The Morgan fingerprint density at radius 2 is 1.22 bits per heavy atom. The molecule has 1 aliphatic heterocycles. The molecule has 0 amide bonds. The van der Waals surface area contributed by atoms with Crippen LogP contribution in [0.3, 0.4) is 0 Å². The van der Waals surface area contributed by atoms with Gasteiger partial charge in [-0.15, -0.1) is 0 Å². The van der Waals surface area contributed by atoms with Crippen molar-refractivity contribution < 1.29 is 58.3 Å². The maximum atomic E-state index is 9.55. The molecule has 2 N–H and O–H groups in total. The van der Waals surface area contributed by atoms with E-state index in [-0.39, 0.29) is 24.8 Å². The van der Waals surface area contributed by atoms with Crippen LogP contribution in [0.2, 0.25) is 38.3 Å². The first-order chi connectivity index (χ1) is 11.7. The van der Waals surface area contributed by atoms with Crippen molar-refractivity contribution in [2.24, 2.45) is 5.92 Å². The zero-order chi connectivity index (χ0) is 18.4. The van der Waals surface area contributed by atoms with E-state index >= 15 is 0 Å². The van der Waals surface area contributed by atoms with Gasteiger partial charge in [-0.3, -0.25) is 0 Å². The molecule has 0 aromatic carbocycles. The van der Waals surface area contributed by atoms with Crippen LogP contribution in [0.5, 0.6) is 0 Å². The average Bonchev–Trinajstić information content (AvgIpc) is 3.12. The first-order valence-corrected chi connectivity index (χ1v) is 18.5. The van der Waals surface area contributed by atoms with E-state index in [0.717, 1.165) is 12.1 Å². The summed E-state index contributed by atoms with van der Waals surface area (Å²) in [7, 11) is -3.08. The van der Waals surface area contributed by atoms with Crippen LogP contribution < -0.4 is 24.8 Å². The second-order valence-electron chi connectivity index (χ2n) is 8.99. The van der Waals surface area contributed by atoms with Gasteiger partial charge in [0.1, 0.15) is 0 Å². The quantitative estimate of drug-likeness (QED) is 0.412. The predicted molar refractivity (Wildman–Crippen MR) is 107 cm³/mol.